The Kier molecular flexibility index (Phi) is 19.6. The van der Waals surface area contributed by atoms with Crippen LogP contribution in [0.3, 0.4) is 0 Å². The van der Waals surface area contributed by atoms with E-state index in [1.807, 2.05) is 66.7 Å². The quantitative estimate of drug-likeness (QED) is 0.0811. The fourth-order valence-corrected chi connectivity index (χ4v) is 9.83. The van der Waals surface area contributed by atoms with E-state index in [-0.39, 0.29) is 63.6 Å². The number of carbonyl (C=O) groups excluding carboxylic acids is 9. The number of aromatic nitrogens is 3. The topological polar surface area (TPSA) is 230 Å². The Balaban J connectivity index is 0.000000168. The van der Waals surface area contributed by atoms with E-state index in [1.165, 1.54) is 0 Å². The average Bonchev–Trinajstić information content (AvgIpc) is 4.32. The molecule has 2 saturated carbocycles. The van der Waals surface area contributed by atoms with Crippen LogP contribution in [0.15, 0.2) is 97.3 Å². The first kappa shape index (κ1) is 57.1. The standard InChI is InChI=1S/C20H23N5O3.C18H20F2N2O3.C17H20F2N2O3/c1-24-12-21-17(23-24)11-25-10-16(18(26)19(27)22-14-7-8-14)15(20(25)28)9-13-5-3-2-4-6-13;19-15(20)10-22-9-14(16(23)17(24)21-12-6-7-12)13(18(22)25)8-11-4-2-1-3-5-11;1-2-20-16(23)15(22)13-9-21(10-14(18)19)17(24)12(13)8-11-6-4-3-5-7-11/h2-6,12,14-16H,7-11H2,1H3,(H,22,27);1-5,12-15H,6-10H2,(H,21,24);3-7,12-14H,2,8-10H2,1H3,(H,20,23)/t15-,16+;13-,14+;12-,13+/m111/s1. The highest BCUT2D eigenvalue weighted by atomic mass is 19.3. The fourth-order valence-electron chi connectivity index (χ4n) is 9.83. The summed E-state index contributed by atoms with van der Waals surface area (Å²) >= 11 is 0. The first-order valence-corrected chi connectivity index (χ1v) is 25.8. The average molecular weight is 1070 g/mol. The number of nitrogens with zero attached hydrogens (tertiary/aromatic N) is 6. The van der Waals surface area contributed by atoms with E-state index >= 15 is 0 Å². The molecule has 4 heterocycles. The Hall–Kier alpha value is -7.65. The molecule has 1 aromatic heterocycles. The monoisotopic (exact) mass is 1070 g/mol. The van der Waals surface area contributed by atoms with Gasteiger partial charge in [0.1, 0.15) is 6.33 Å². The molecule has 6 atom stereocenters. The maximum absolute atomic E-state index is 13.1. The first-order valence-electron chi connectivity index (χ1n) is 25.8. The number of nitrogens with one attached hydrogen (secondary N) is 3. The molecule has 5 fully saturated rings. The van der Waals surface area contributed by atoms with E-state index in [1.54, 1.807) is 54.1 Å². The molecule has 22 heteroatoms. The maximum Gasteiger partial charge on any atom is 0.287 e. The normalized spacial score (nSPS) is 21.8. The van der Waals surface area contributed by atoms with E-state index in [4.69, 9.17) is 0 Å². The molecule has 2 aliphatic carbocycles. The Bertz CT molecular complexity index is 2740. The summed E-state index contributed by atoms with van der Waals surface area (Å²) in [5, 5.41) is 12.0. The maximum atomic E-state index is 13.1. The lowest BCUT2D eigenvalue weighted by molar-refractivity contribution is -0.141. The van der Waals surface area contributed by atoms with Crippen molar-refractivity contribution in [1.29, 1.82) is 0 Å². The van der Waals surface area contributed by atoms with E-state index in [2.05, 4.69) is 26.0 Å². The van der Waals surface area contributed by atoms with Crippen molar-refractivity contribution in [2.45, 2.75) is 83.3 Å². The molecule has 3 aliphatic heterocycles. The van der Waals surface area contributed by atoms with Gasteiger partial charge in [0, 0.05) is 45.3 Å². The zero-order valence-corrected chi connectivity index (χ0v) is 42.8. The van der Waals surface area contributed by atoms with Gasteiger partial charge in [0.25, 0.3) is 30.6 Å². The second-order valence-corrected chi connectivity index (χ2v) is 20.0. The van der Waals surface area contributed by atoms with Crippen molar-refractivity contribution >= 4 is 52.8 Å². The third-order valence-corrected chi connectivity index (χ3v) is 14.0. The second-order valence-electron chi connectivity index (χ2n) is 20.0. The van der Waals surface area contributed by atoms with Gasteiger partial charge in [-0.1, -0.05) is 91.0 Å². The summed E-state index contributed by atoms with van der Waals surface area (Å²) in [6.07, 6.45) is 0.659. The molecule has 77 heavy (non-hydrogen) atoms. The molecular weight excluding hydrogens is 1010 g/mol. The molecule has 9 rings (SSSR count). The third kappa shape index (κ3) is 15.7. The third-order valence-electron chi connectivity index (χ3n) is 14.0. The van der Waals surface area contributed by atoms with Crippen molar-refractivity contribution in [1.82, 2.24) is 45.4 Å². The number of hydrogen-bond donors (Lipinski definition) is 3. The van der Waals surface area contributed by atoms with Crippen LogP contribution in [0, 0.1) is 35.5 Å². The van der Waals surface area contributed by atoms with Gasteiger partial charge in [-0.15, -0.1) is 0 Å². The smallest absolute Gasteiger partial charge is 0.287 e. The van der Waals surface area contributed by atoms with Crippen LogP contribution in [-0.4, -0.2) is 146 Å². The number of alkyl halides is 4. The Morgan fingerprint density at radius 3 is 1.22 bits per heavy atom. The van der Waals surface area contributed by atoms with Crippen LogP contribution >= 0.6 is 0 Å². The van der Waals surface area contributed by atoms with Crippen LogP contribution in [0.25, 0.3) is 0 Å². The first-order chi connectivity index (χ1) is 36.9. The second kappa shape index (κ2) is 26.4. The van der Waals surface area contributed by atoms with Crippen molar-refractivity contribution in [3.05, 3.63) is 120 Å². The van der Waals surface area contributed by atoms with E-state index in [9.17, 15) is 60.7 Å². The molecule has 0 spiro atoms. The van der Waals surface area contributed by atoms with Gasteiger partial charge in [0.05, 0.1) is 55.1 Å². The van der Waals surface area contributed by atoms with Gasteiger partial charge in [-0.2, -0.15) is 5.10 Å². The summed E-state index contributed by atoms with van der Waals surface area (Å²) in [4.78, 5) is 120. The highest BCUT2D eigenvalue weighted by Crippen LogP contribution is 2.33. The van der Waals surface area contributed by atoms with Crippen LogP contribution in [-0.2, 0) is 76.0 Å². The molecule has 3 N–H and O–H groups in total. The molecule has 0 bridgehead atoms. The van der Waals surface area contributed by atoms with Gasteiger partial charge >= 0.3 is 0 Å². The lowest BCUT2D eigenvalue weighted by atomic mass is 9.86. The molecule has 4 aromatic rings. The predicted molar refractivity (Wildman–Crippen MR) is 269 cm³/mol. The Morgan fingerprint density at radius 1 is 0.545 bits per heavy atom. The number of likely N-dealkylation sites (N-methyl/N-ethyl adjacent to an activating group) is 1. The summed E-state index contributed by atoms with van der Waals surface area (Å²) in [7, 11) is 1.76. The van der Waals surface area contributed by atoms with Gasteiger partial charge in [0.15, 0.2) is 5.82 Å². The summed E-state index contributed by atoms with van der Waals surface area (Å²) in [6.45, 7) is 0.713. The Morgan fingerprint density at radius 2 is 0.896 bits per heavy atom. The van der Waals surface area contributed by atoms with Gasteiger partial charge < -0.3 is 30.7 Å². The number of rotatable bonds is 21. The molecule has 410 valence electrons. The molecular formula is C55H63F4N9O9. The van der Waals surface area contributed by atoms with Crippen molar-refractivity contribution in [3.63, 3.8) is 0 Å². The summed E-state index contributed by atoms with van der Waals surface area (Å²) in [5.41, 5.74) is 2.63. The number of benzene rings is 3. The molecule has 0 unspecified atom stereocenters. The Labute approximate surface area is 442 Å². The molecule has 0 radical (unpaired) electrons. The fraction of sp³-hybridized carbons (Fsp3) is 0.473. The number of hydrogen-bond acceptors (Lipinski definition) is 11. The number of Topliss-reactive ketones (excluding diaryl/α,β-unsaturated/α-hetero) is 3. The number of likely N-dealkylation sites (tertiary alicyclic amines) is 3. The number of aryl methyl sites for hydroxylation is 1. The number of amides is 6. The van der Waals surface area contributed by atoms with Crippen molar-refractivity contribution < 1.29 is 60.7 Å². The van der Waals surface area contributed by atoms with Crippen LogP contribution in [0.2, 0.25) is 0 Å². The number of ketones is 3. The molecule has 6 amide bonds. The number of halogens is 4. The van der Waals surface area contributed by atoms with E-state index < -0.39 is 108 Å². The minimum atomic E-state index is -2.68. The van der Waals surface area contributed by atoms with Crippen LogP contribution in [0.5, 0.6) is 0 Å². The SMILES string of the molecule is CCNC(=O)C(=O)[C@H]1CN(CC(F)F)C(=O)[C@@H]1Cc1ccccc1.Cn1cnc(CN2C[C@H](C(=O)C(=O)NC3CC3)[C@@H](Cc3ccccc3)C2=O)n1.O=C(NC1CC1)C(=O)[C@H]1CN(CC(F)F)C(=O)[C@@H]1Cc1ccccc1. The minimum Gasteiger partial charge on any atom is -0.350 e. The predicted octanol–water partition coefficient (Wildman–Crippen LogP) is 3.17. The number of carbonyl (C=O) groups is 9. The largest absolute Gasteiger partial charge is 0.350 e. The van der Waals surface area contributed by atoms with Crippen molar-refractivity contribution in [2.24, 2.45) is 42.6 Å². The van der Waals surface area contributed by atoms with Gasteiger partial charge in [-0.3, -0.25) is 47.8 Å². The van der Waals surface area contributed by atoms with Crippen LogP contribution < -0.4 is 16.0 Å². The zero-order chi connectivity index (χ0) is 55.3. The van der Waals surface area contributed by atoms with Crippen LogP contribution in [0.4, 0.5) is 17.6 Å². The summed E-state index contributed by atoms with van der Waals surface area (Å²) in [5.74, 6) is -9.12. The van der Waals surface area contributed by atoms with Gasteiger partial charge in [-0.25, -0.2) is 22.5 Å². The highest BCUT2D eigenvalue weighted by molar-refractivity contribution is 6.38. The van der Waals surface area contributed by atoms with Crippen LogP contribution in [0.1, 0.15) is 55.1 Å². The molecule has 18 nitrogen and oxygen atoms in total. The molecule has 3 aromatic carbocycles. The summed E-state index contributed by atoms with van der Waals surface area (Å²) in [6, 6.07) is 27.8. The molecule has 5 aliphatic rings. The highest BCUT2D eigenvalue weighted by Gasteiger charge is 2.49. The van der Waals surface area contributed by atoms with E-state index in [0.717, 1.165) is 52.2 Å². The van der Waals surface area contributed by atoms with Gasteiger partial charge in [-0.05, 0) is 68.6 Å². The van der Waals surface area contributed by atoms with Gasteiger partial charge in [0.2, 0.25) is 35.1 Å². The molecule has 3 saturated heterocycles. The summed E-state index contributed by atoms with van der Waals surface area (Å²) < 4.78 is 52.3. The van der Waals surface area contributed by atoms with E-state index in [0.29, 0.717) is 12.2 Å². The minimum absolute atomic E-state index is 0.0262. The van der Waals surface area contributed by atoms with Crippen molar-refractivity contribution in [3.8, 4) is 0 Å². The lowest BCUT2D eigenvalue weighted by Gasteiger charge is -2.15. The lowest BCUT2D eigenvalue weighted by Crippen LogP contribution is -2.39. The van der Waals surface area contributed by atoms with Crippen molar-refractivity contribution in [2.75, 3.05) is 39.3 Å². The zero-order valence-electron chi connectivity index (χ0n) is 42.8.